The molecule has 110 valence electrons. The third-order valence-corrected chi connectivity index (χ3v) is 3.91. The van der Waals surface area contributed by atoms with Crippen molar-refractivity contribution in [3.8, 4) is 0 Å². The predicted molar refractivity (Wildman–Crippen MR) is 72.1 cm³/mol. The second-order valence-corrected chi connectivity index (χ2v) is 5.37. The Bertz CT molecular complexity index is 750. The molecule has 0 aliphatic rings. The van der Waals surface area contributed by atoms with Crippen molar-refractivity contribution in [1.29, 1.82) is 0 Å². The minimum absolute atomic E-state index is 0.0525. The molecule has 0 bridgehead atoms. The highest BCUT2D eigenvalue weighted by molar-refractivity contribution is 7.10. The van der Waals surface area contributed by atoms with Crippen LogP contribution in [0.15, 0.2) is 29.6 Å². The van der Waals surface area contributed by atoms with Gasteiger partial charge in [0, 0.05) is 4.88 Å². The summed E-state index contributed by atoms with van der Waals surface area (Å²) in [5.74, 6) is -0.807. The summed E-state index contributed by atoms with van der Waals surface area (Å²) in [6.07, 6.45) is -4.59. The lowest BCUT2D eigenvalue weighted by atomic mass is 10.3. The summed E-state index contributed by atoms with van der Waals surface area (Å²) in [5, 5.41) is 15.5. The number of thiophene rings is 1. The van der Waals surface area contributed by atoms with E-state index in [4.69, 9.17) is 0 Å². The molecule has 5 nitrogen and oxygen atoms in total. The second-order valence-electron chi connectivity index (χ2n) is 4.39. The van der Waals surface area contributed by atoms with Crippen LogP contribution < -0.4 is 5.32 Å². The van der Waals surface area contributed by atoms with Crippen molar-refractivity contribution in [1.82, 2.24) is 19.8 Å². The Morgan fingerprint density at radius 3 is 2.71 bits per heavy atom. The molecule has 0 radical (unpaired) electrons. The van der Waals surface area contributed by atoms with E-state index in [2.05, 4.69) is 20.6 Å². The molecular formula is C12H10F3N5S. The van der Waals surface area contributed by atoms with Crippen LogP contribution in [0.3, 0.4) is 0 Å². The highest BCUT2D eigenvalue weighted by Crippen LogP contribution is 2.28. The molecule has 0 spiro atoms. The van der Waals surface area contributed by atoms with Gasteiger partial charge in [-0.3, -0.25) is 0 Å². The van der Waals surface area contributed by atoms with Crippen LogP contribution >= 0.6 is 11.3 Å². The van der Waals surface area contributed by atoms with E-state index in [1.807, 2.05) is 24.4 Å². The third kappa shape index (κ3) is 2.68. The molecule has 1 atom stereocenters. The first kappa shape index (κ1) is 13.8. The summed E-state index contributed by atoms with van der Waals surface area (Å²) in [6, 6.07) is 6.82. The summed E-state index contributed by atoms with van der Waals surface area (Å²) in [7, 11) is 0. The van der Waals surface area contributed by atoms with Gasteiger partial charge in [0.05, 0.1) is 6.04 Å². The van der Waals surface area contributed by atoms with E-state index in [1.165, 1.54) is 6.07 Å². The molecule has 0 saturated carbocycles. The number of nitrogens with zero attached hydrogens (tertiary/aromatic N) is 4. The van der Waals surface area contributed by atoms with Gasteiger partial charge in [0.15, 0.2) is 5.65 Å². The van der Waals surface area contributed by atoms with Crippen molar-refractivity contribution in [3.63, 3.8) is 0 Å². The van der Waals surface area contributed by atoms with Crippen LogP contribution in [-0.2, 0) is 6.18 Å². The van der Waals surface area contributed by atoms with Crippen molar-refractivity contribution >= 4 is 22.8 Å². The number of alkyl halides is 3. The summed E-state index contributed by atoms with van der Waals surface area (Å²) in [6.45, 7) is 1.91. The molecule has 0 aliphatic heterocycles. The molecule has 0 aliphatic carbocycles. The molecule has 3 rings (SSSR count). The van der Waals surface area contributed by atoms with E-state index in [9.17, 15) is 13.2 Å². The molecule has 3 heterocycles. The van der Waals surface area contributed by atoms with E-state index in [1.54, 1.807) is 17.4 Å². The molecule has 21 heavy (non-hydrogen) atoms. The Morgan fingerprint density at radius 1 is 1.24 bits per heavy atom. The average Bonchev–Trinajstić information content (AvgIpc) is 3.06. The van der Waals surface area contributed by atoms with Gasteiger partial charge in [-0.1, -0.05) is 6.07 Å². The lowest BCUT2D eigenvalue weighted by molar-refractivity contribution is -0.146. The number of halogens is 3. The van der Waals surface area contributed by atoms with Gasteiger partial charge in [-0.25, -0.2) is 0 Å². The van der Waals surface area contributed by atoms with Gasteiger partial charge in [-0.15, -0.1) is 26.6 Å². The van der Waals surface area contributed by atoms with Gasteiger partial charge in [-0.05, 0) is 30.5 Å². The van der Waals surface area contributed by atoms with E-state index >= 15 is 0 Å². The number of nitrogens with one attached hydrogen (secondary N) is 1. The zero-order chi connectivity index (χ0) is 15.0. The van der Waals surface area contributed by atoms with Crippen molar-refractivity contribution < 1.29 is 13.2 Å². The Balaban J connectivity index is 1.93. The fourth-order valence-electron chi connectivity index (χ4n) is 1.87. The van der Waals surface area contributed by atoms with Gasteiger partial charge in [0.2, 0.25) is 0 Å². The fraction of sp³-hybridized carbons (Fsp3) is 0.250. The molecular weight excluding hydrogens is 303 g/mol. The van der Waals surface area contributed by atoms with Crippen LogP contribution in [0.5, 0.6) is 0 Å². The molecule has 1 N–H and O–H groups in total. The van der Waals surface area contributed by atoms with Crippen molar-refractivity contribution in [2.45, 2.75) is 19.1 Å². The minimum Gasteiger partial charge on any atom is -0.361 e. The maximum Gasteiger partial charge on any atom is 0.453 e. The standard InChI is InChI=1S/C12H10F3N5S/c1-7(8-3-2-6-21-8)16-9-4-5-10-17-18-11(12(13,14)15)20(10)19-9/h2-7H,1H3,(H,16,19)/t7-/m0/s1. The molecule has 0 unspecified atom stereocenters. The minimum atomic E-state index is -4.59. The topological polar surface area (TPSA) is 55.1 Å². The monoisotopic (exact) mass is 313 g/mol. The molecule has 0 amide bonds. The Labute approximate surface area is 121 Å². The normalized spacial score (nSPS) is 13.5. The zero-order valence-corrected chi connectivity index (χ0v) is 11.6. The predicted octanol–water partition coefficient (Wildman–Crippen LogP) is 3.38. The number of fused-ring (bicyclic) bond motifs is 1. The quantitative estimate of drug-likeness (QED) is 0.805. The van der Waals surface area contributed by atoms with Crippen LogP contribution in [-0.4, -0.2) is 19.8 Å². The van der Waals surface area contributed by atoms with Gasteiger partial charge < -0.3 is 5.32 Å². The third-order valence-electron chi connectivity index (χ3n) is 2.85. The lowest BCUT2D eigenvalue weighted by Gasteiger charge is -2.13. The first-order chi connectivity index (χ1) is 9.95. The smallest absolute Gasteiger partial charge is 0.361 e. The van der Waals surface area contributed by atoms with Crippen LogP contribution in [0.1, 0.15) is 23.7 Å². The summed E-state index contributed by atoms with van der Waals surface area (Å²) in [5.41, 5.74) is 0.0525. The second kappa shape index (κ2) is 4.99. The highest BCUT2D eigenvalue weighted by Gasteiger charge is 2.37. The molecule has 0 saturated heterocycles. The fourth-order valence-corrected chi connectivity index (χ4v) is 2.61. The zero-order valence-electron chi connectivity index (χ0n) is 10.8. The first-order valence-corrected chi connectivity index (χ1v) is 6.93. The van der Waals surface area contributed by atoms with Crippen molar-refractivity contribution in [2.75, 3.05) is 5.32 Å². The van der Waals surface area contributed by atoms with Gasteiger partial charge in [-0.2, -0.15) is 17.7 Å². The van der Waals surface area contributed by atoms with Crippen molar-refractivity contribution in [2.24, 2.45) is 0 Å². The van der Waals surface area contributed by atoms with Crippen LogP contribution in [0.2, 0.25) is 0 Å². The number of rotatable bonds is 3. The van der Waals surface area contributed by atoms with Gasteiger partial charge >= 0.3 is 6.18 Å². The maximum atomic E-state index is 12.8. The number of anilines is 1. The lowest BCUT2D eigenvalue weighted by Crippen LogP contribution is -2.14. The summed E-state index contributed by atoms with van der Waals surface area (Å²) in [4.78, 5) is 1.07. The van der Waals surface area contributed by atoms with Crippen LogP contribution in [0.4, 0.5) is 19.0 Å². The van der Waals surface area contributed by atoms with Crippen molar-refractivity contribution in [3.05, 3.63) is 40.3 Å². The van der Waals surface area contributed by atoms with Gasteiger partial charge in [0.1, 0.15) is 5.82 Å². The maximum absolute atomic E-state index is 12.8. The number of aromatic nitrogens is 4. The highest BCUT2D eigenvalue weighted by atomic mass is 32.1. The molecule has 0 aromatic carbocycles. The first-order valence-electron chi connectivity index (χ1n) is 6.05. The van der Waals surface area contributed by atoms with E-state index < -0.39 is 12.0 Å². The summed E-state index contributed by atoms with van der Waals surface area (Å²) >= 11 is 1.56. The average molecular weight is 313 g/mol. The molecule has 3 aromatic heterocycles. The van der Waals surface area contributed by atoms with Gasteiger partial charge in [0.25, 0.3) is 5.82 Å². The molecule has 9 heteroatoms. The van der Waals surface area contributed by atoms with Crippen LogP contribution in [0, 0.1) is 0 Å². The Kier molecular flexibility index (Phi) is 3.28. The molecule has 0 fully saturated rings. The van der Waals surface area contributed by atoms with Crippen LogP contribution in [0.25, 0.3) is 5.65 Å². The Morgan fingerprint density at radius 2 is 2.05 bits per heavy atom. The largest absolute Gasteiger partial charge is 0.453 e. The summed E-state index contributed by atoms with van der Waals surface area (Å²) < 4.78 is 39.1. The Hall–Kier alpha value is -2.16. The molecule has 3 aromatic rings. The van der Waals surface area contributed by atoms with E-state index in [0.717, 1.165) is 4.88 Å². The van der Waals surface area contributed by atoms with E-state index in [0.29, 0.717) is 10.3 Å². The van der Waals surface area contributed by atoms with E-state index in [-0.39, 0.29) is 11.7 Å². The number of hydrogen-bond acceptors (Lipinski definition) is 5. The number of hydrogen-bond donors (Lipinski definition) is 1. The SMILES string of the molecule is C[C@H](Nc1ccc2nnc(C(F)(F)F)n2n1)c1cccs1.